The molecule has 126 valence electrons. The number of aromatic nitrogens is 1. The van der Waals surface area contributed by atoms with E-state index in [9.17, 15) is 4.79 Å². The number of carbonyl (C=O) groups is 1. The van der Waals surface area contributed by atoms with Gasteiger partial charge in [-0.05, 0) is 17.2 Å². The lowest BCUT2D eigenvalue weighted by Gasteiger charge is -2.27. The van der Waals surface area contributed by atoms with Crippen LogP contribution in [0.25, 0.3) is 0 Å². The molecule has 0 bridgehead atoms. The minimum atomic E-state index is -0.313. The molecule has 5 rings (SSSR count). The van der Waals surface area contributed by atoms with Gasteiger partial charge in [0, 0.05) is 29.9 Å². The molecule has 1 aromatic heterocycles. The summed E-state index contributed by atoms with van der Waals surface area (Å²) in [4.78, 5) is 16.6. The van der Waals surface area contributed by atoms with Gasteiger partial charge in [-0.1, -0.05) is 6.07 Å². The summed E-state index contributed by atoms with van der Waals surface area (Å²) in [7, 11) is 1.57. The Hall–Kier alpha value is -3.22. The third-order valence-electron chi connectivity index (χ3n) is 4.62. The summed E-state index contributed by atoms with van der Waals surface area (Å²) in [6.07, 6.45) is 1.72. The zero-order valence-electron chi connectivity index (χ0n) is 13.4. The van der Waals surface area contributed by atoms with E-state index in [1.165, 1.54) is 0 Å². The number of pyridine rings is 1. The predicted molar refractivity (Wildman–Crippen MR) is 86.8 cm³/mol. The summed E-state index contributed by atoms with van der Waals surface area (Å²) >= 11 is 0. The number of anilines is 1. The fraction of sp³-hybridized carbons (Fsp3) is 0.222. The lowest BCUT2D eigenvalue weighted by atomic mass is 9.81. The highest BCUT2D eigenvalue weighted by Crippen LogP contribution is 2.48. The molecule has 3 aliphatic rings. The van der Waals surface area contributed by atoms with Gasteiger partial charge in [0.2, 0.25) is 12.7 Å². The molecular weight excluding hydrogens is 324 g/mol. The second-order valence-electron chi connectivity index (χ2n) is 5.95. The number of methoxy groups -OCH3 is 1. The molecule has 2 aromatic rings. The molecule has 7 nitrogen and oxygen atoms in total. The van der Waals surface area contributed by atoms with Gasteiger partial charge >= 0.3 is 5.97 Å². The Morgan fingerprint density at radius 3 is 2.80 bits per heavy atom. The van der Waals surface area contributed by atoms with Gasteiger partial charge < -0.3 is 24.3 Å². The minimum Gasteiger partial charge on any atom is -0.481 e. The van der Waals surface area contributed by atoms with Crippen molar-refractivity contribution in [1.29, 1.82) is 0 Å². The molecule has 0 radical (unpaired) electrons. The van der Waals surface area contributed by atoms with Crippen LogP contribution in [0.4, 0.5) is 5.69 Å². The zero-order valence-corrected chi connectivity index (χ0v) is 13.4. The molecular formula is C18H14N2O5. The zero-order chi connectivity index (χ0) is 17.0. The number of carbonyl (C=O) groups excluding carboxylic acids is 1. The van der Waals surface area contributed by atoms with Crippen LogP contribution in [0, 0.1) is 0 Å². The molecule has 1 unspecified atom stereocenters. The van der Waals surface area contributed by atoms with Crippen molar-refractivity contribution in [3.8, 4) is 17.4 Å². The third-order valence-corrected chi connectivity index (χ3v) is 4.62. The van der Waals surface area contributed by atoms with E-state index in [1.54, 1.807) is 19.4 Å². The van der Waals surface area contributed by atoms with Crippen LogP contribution in [0.2, 0.25) is 0 Å². The molecule has 1 aromatic carbocycles. The van der Waals surface area contributed by atoms with E-state index in [0.29, 0.717) is 23.0 Å². The van der Waals surface area contributed by atoms with E-state index in [0.717, 1.165) is 22.5 Å². The van der Waals surface area contributed by atoms with E-state index in [-0.39, 0.29) is 25.3 Å². The van der Waals surface area contributed by atoms with Crippen LogP contribution in [-0.2, 0) is 9.53 Å². The van der Waals surface area contributed by atoms with Crippen LogP contribution in [0.3, 0.4) is 0 Å². The summed E-state index contributed by atoms with van der Waals surface area (Å²) in [5.41, 5.74) is 4.07. The molecule has 1 atom stereocenters. The molecule has 4 heterocycles. The summed E-state index contributed by atoms with van der Waals surface area (Å²) < 4.78 is 21.3. The van der Waals surface area contributed by atoms with Crippen LogP contribution in [-0.4, -0.2) is 31.5 Å². The first-order chi connectivity index (χ1) is 12.2. The largest absolute Gasteiger partial charge is 0.481 e. The first kappa shape index (κ1) is 14.2. The monoisotopic (exact) mass is 338 g/mol. The van der Waals surface area contributed by atoms with Gasteiger partial charge in [0.25, 0.3) is 0 Å². The van der Waals surface area contributed by atoms with E-state index in [1.807, 2.05) is 18.2 Å². The normalized spacial score (nSPS) is 19.9. The Kier molecular flexibility index (Phi) is 2.91. The van der Waals surface area contributed by atoms with Crippen molar-refractivity contribution in [2.24, 2.45) is 0 Å². The number of hydrogen-bond acceptors (Lipinski definition) is 7. The molecule has 7 heteroatoms. The SMILES string of the molecule is COc1ccc(C2C3=C(COC3=O)Nc3cc4c(cc32)OCO4)cn1. The van der Waals surface area contributed by atoms with Crippen molar-refractivity contribution in [3.05, 3.63) is 52.9 Å². The molecule has 0 saturated carbocycles. The maximum atomic E-state index is 12.3. The Morgan fingerprint density at radius 1 is 1.20 bits per heavy atom. The Balaban J connectivity index is 1.69. The summed E-state index contributed by atoms with van der Waals surface area (Å²) in [5, 5.41) is 3.29. The van der Waals surface area contributed by atoms with E-state index in [4.69, 9.17) is 18.9 Å². The number of ether oxygens (including phenoxy) is 4. The summed E-state index contributed by atoms with van der Waals surface area (Å²) in [6.45, 7) is 0.435. The van der Waals surface area contributed by atoms with E-state index < -0.39 is 0 Å². The maximum absolute atomic E-state index is 12.3. The molecule has 1 N–H and O–H groups in total. The third kappa shape index (κ3) is 2.05. The van der Waals surface area contributed by atoms with Crippen molar-refractivity contribution in [3.63, 3.8) is 0 Å². The van der Waals surface area contributed by atoms with Crippen LogP contribution < -0.4 is 19.5 Å². The van der Waals surface area contributed by atoms with E-state index >= 15 is 0 Å². The van der Waals surface area contributed by atoms with Crippen molar-refractivity contribution in [2.75, 3.05) is 25.8 Å². The average Bonchev–Trinajstić information content (AvgIpc) is 3.24. The number of rotatable bonds is 2. The first-order valence-electron chi connectivity index (χ1n) is 7.85. The lowest BCUT2D eigenvalue weighted by Crippen LogP contribution is -2.20. The smallest absolute Gasteiger partial charge is 0.337 e. The highest BCUT2D eigenvalue weighted by Gasteiger charge is 2.39. The standard InChI is InChI=1S/C18H14N2O5/c1-22-15-3-2-9(6-19-15)16-10-4-13-14(25-8-24-13)5-11(10)20-12-7-23-18(21)17(12)16/h2-6,16,20H,7-8H2,1H3. The van der Waals surface area contributed by atoms with Crippen molar-refractivity contribution < 1.29 is 23.7 Å². The number of hydrogen-bond donors (Lipinski definition) is 1. The van der Waals surface area contributed by atoms with Gasteiger partial charge in [-0.25, -0.2) is 9.78 Å². The molecule has 25 heavy (non-hydrogen) atoms. The highest BCUT2D eigenvalue weighted by molar-refractivity contribution is 5.97. The van der Waals surface area contributed by atoms with Crippen LogP contribution >= 0.6 is 0 Å². The number of esters is 1. The predicted octanol–water partition coefficient (Wildman–Crippen LogP) is 2.19. The van der Waals surface area contributed by atoms with Gasteiger partial charge in [0.05, 0.1) is 18.4 Å². The van der Waals surface area contributed by atoms with E-state index in [2.05, 4.69) is 10.3 Å². The van der Waals surface area contributed by atoms with Crippen molar-refractivity contribution >= 4 is 11.7 Å². The minimum absolute atomic E-state index is 0.197. The van der Waals surface area contributed by atoms with Crippen molar-refractivity contribution in [2.45, 2.75) is 5.92 Å². The molecule has 3 aliphatic heterocycles. The second-order valence-corrected chi connectivity index (χ2v) is 5.95. The number of benzene rings is 1. The number of fused-ring (bicyclic) bond motifs is 2. The van der Waals surface area contributed by atoms with Gasteiger partial charge in [-0.15, -0.1) is 0 Å². The van der Waals surface area contributed by atoms with Crippen molar-refractivity contribution in [1.82, 2.24) is 4.98 Å². The maximum Gasteiger partial charge on any atom is 0.337 e. The lowest BCUT2D eigenvalue weighted by molar-refractivity contribution is -0.136. The second kappa shape index (κ2) is 5.14. The molecule has 0 amide bonds. The molecule has 0 fully saturated rings. The average molecular weight is 338 g/mol. The number of cyclic esters (lactones) is 1. The van der Waals surface area contributed by atoms with Gasteiger partial charge in [-0.2, -0.15) is 0 Å². The highest BCUT2D eigenvalue weighted by atomic mass is 16.7. The topological polar surface area (TPSA) is 78.9 Å². The molecule has 0 aliphatic carbocycles. The number of nitrogens with one attached hydrogen (secondary N) is 1. The van der Waals surface area contributed by atoms with Crippen LogP contribution in [0.15, 0.2) is 41.7 Å². The Morgan fingerprint density at radius 2 is 2.04 bits per heavy atom. The molecule has 0 saturated heterocycles. The fourth-order valence-corrected chi connectivity index (χ4v) is 3.46. The van der Waals surface area contributed by atoms with Gasteiger partial charge in [-0.3, -0.25) is 0 Å². The van der Waals surface area contributed by atoms with Crippen LogP contribution in [0.5, 0.6) is 17.4 Å². The summed E-state index contributed by atoms with van der Waals surface area (Å²) in [6, 6.07) is 7.50. The fourth-order valence-electron chi connectivity index (χ4n) is 3.46. The Bertz CT molecular complexity index is 920. The van der Waals surface area contributed by atoms with Crippen LogP contribution in [0.1, 0.15) is 17.0 Å². The van der Waals surface area contributed by atoms with Gasteiger partial charge in [0.15, 0.2) is 11.5 Å². The number of nitrogens with zero attached hydrogens (tertiary/aromatic N) is 1. The molecule has 0 spiro atoms. The summed E-state index contributed by atoms with van der Waals surface area (Å²) in [5.74, 6) is 1.28. The Labute approximate surface area is 143 Å². The first-order valence-corrected chi connectivity index (χ1v) is 7.85. The van der Waals surface area contributed by atoms with Gasteiger partial charge in [0.1, 0.15) is 6.61 Å². The quantitative estimate of drug-likeness (QED) is 0.841.